The lowest BCUT2D eigenvalue weighted by atomic mass is 10.1. The molecule has 0 amide bonds. The lowest BCUT2D eigenvalue weighted by Crippen LogP contribution is -2.00. The fourth-order valence-electron chi connectivity index (χ4n) is 3.10. The van der Waals surface area contributed by atoms with Gasteiger partial charge in [0.25, 0.3) is 0 Å². The molecule has 0 atom stereocenters. The van der Waals surface area contributed by atoms with Gasteiger partial charge in [-0.25, -0.2) is 0 Å². The zero-order chi connectivity index (χ0) is 20.1. The van der Waals surface area contributed by atoms with Crippen molar-refractivity contribution in [2.24, 2.45) is 5.73 Å². The van der Waals surface area contributed by atoms with Gasteiger partial charge in [0.05, 0.1) is 0 Å². The predicted octanol–water partition coefficient (Wildman–Crippen LogP) is 5.35. The Morgan fingerprint density at radius 2 is 1.90 bits per heavy atom. The molecule has 0 bridgehead atoms. The minimum absolute atomic E-state index is 0.482. The highest BCUT2D eigenvalue weighted by molar-refractivity contribution is 5.94. The first kappa shape index (κ1) is 18.7. The molecule has 6 nitrogen and oxygen atoms in total. The third-order valence-electron chi connectivity index (χ3n) is 4.71. The summed E-state index contributed by atoms with van der Waals surface area (Å²) in [6, 6.07) is 15.7. The zero-order valence-corrected chi connectivity index (χ0v) is 16.3. The molecule has 4 aromatic rings. The molecule has 0 aliphatic rings. The topological polar surface area (TPSA) is 89.9 Å². The van der Waals surface area contributed by atoms with E-state index in [1.807, 2.05) is 60.9 Å². The Kier molecular flexibility index (Phi) is 5.52. The summed E-state index contributed by atoms with van der Waals surface area (Å²) < 4.78 is 5.95. The Morgan fingerprint density at radius 3 is 2.72 bits per heavy atom. The number of benzene rings is 2. The van der Waals surface area contributed by atoms with Crippen molar-refractivity contribution in [3.05, 3.63) is 72.8 Å². The third kappa shape index (κ3) is 4.27. The summed E-state index contributed by atoms with van der Waals surface area (Å²) in [5.74, 6) is 0.973. The van der Waals surface area contributed by atoms with Crippen LogP contribution in [0.15, 0.2) is 77.2 Å². The molecule has 4 rings (SSSR count). The number of nitrogens with one attached hydrogen (secondary N) is 1. The van der Waals surface area contributed by atoms with E-state index in [4.69, 9.17) is 10.2 Å². The first-order chi connectivity index (χ1) is 14.2. The van der Waals surface area contributed by atoms with Crippen molar-refractivity contribution in [2.45, 2.75) is 26.2 Å². The molecule has 2 aromatic carbocycles. The monoisotopic (exact) mass is 385 g/mol. The number of hydrogen-bond donors (Lipinski definition) is 2. The molecule has 0 spiro atoms. The van der Waals surface area contributed by atoms with Crippen molar-refractivity contribution in [1.82, 2.24) is 15.2 Å². The molecule has 6 heteroatoms. The number of unbranched alkanes of at least 4 members (excludes halogenated alkanes) is 1. The average molecular weight is 385 g/mol. The molecule has 0 aliphatic carbocycles. The van der Waals surface area contributed by atoms with Crippen LogP contribution in [0.25, 0.3) is 33.7 Å². The molecule has 0 saturated carbocycles. The fraction of sp³-hybridized carbons (Fsp3) is 0.174. The highest BCUT2D eigenvalue weighted by Gasteiger charge is 2.13. The number of nitrogens with zero attached hydrogens (tertiary/aromatic N) is 3. The second kappa shape index (κ2) is 8.56. The summed E-state index contributed by atoms with van der Waals surface area (Å²) >= 11 is 0. The van der Waals surface area contributed by atoms with Gasteiger partial charge in [-0.05, 0) is 54.6 Å². The van der Waals surface area contributed by atoms with Crippen molar-refractivity contribution in [1.29, 1.82) is 0 Å². The molecule has 146 valence electrons. The first-order valence-corrected chi connectivity index (χ1v) is 9.72. The quantitative estimate of drug-likeness (QED) is 0.445. The van der Waals surface area contributed by atoms with E-state index in [0.29, 0.717) is 11.8 Å². The van der Waals surface area contributed by atoms with Crippen LogP contribution in [-0.4, -0.2) is 15.2 Å². The average Bonchev–Trinajstić information content (AvgIpc) is 3.26. The summed E-state index contributed by atoms with van der Waals surface area (Å²) in [7, 11) is 0. The van der Waals surface area contributed by atoms with Crippen LogP contribution in [0.5, 0.6) is 0 Å². The maximum atomic E-state index is 5.99. The summed E-state index contributed by atoms with van der Waals surface area (Å²) in [5, 5.41) is 13.8. The van der Waals surface area contributed by atoms with Crippen LogP contribution in [-0.2, 0) is 0 Å². The summed E-state index contributed by atoms with van der Waals surface area (Å²) in [4.78, 5) is 4.16. The normalized spacial score (nSPS) is 11.7. The van der Waals surface area contributed by atoms with Gasteiger partial charge >= 0.3 is 0 Å². The molecular formula is C23H23N5O. The Hall–Kier alpha value is -3.67. The summed E-state index contributed by atoms with van der Waals surface area (Å²) in [6.45, 7) is 2.15. The number of anilines is 1. The Balaban J connectivity index is 1.52. The number of rotatable bonds is 7. The molecule has 2 heterocycles. The molecule has 0 unspecified atom stereocenters. The molecule has 0 radical (unpaired) electrons. The van der Waals surface area contributed by atoms with Crippen LogP contribution >= 0.6 is 0 Å². The highest BCUT2D eigenvalue weighted by Crippen LogP contribution is 2.29. The van der Waals surface area contributed by atoms with E-state index in [-0.39, 0.29) is 0 Å². The van der Waals surface area contributed by atoms with Crippen LogP contribution in [0.2, 0.25) is 0 Å². The summed E-state index contributed by atoms with van der Waals surface area (Å²) in [5.41, 5.74) is 9.55. The number of aromatic nitrogens is 3. The Morgan fingerprint density at radius 1 is 1.07 bits per heavy atom. The van der Waals surface area contributed by atoms with E-state index in [1.54, 1.807) is 6.20 Å². The number of allylic oxidation sites excluding steroid dienone is 1. The van der Waals surface area contributed by atoms with Gasteiger partial charge in [0.1, 0.15) is 0 Å². The number of nitrogens with two attached hydrogens (primary N) is 1. The maximum Gasteiger partial charge on any atom is 0.248 e. The molecule has 29 heavy (non-hydrogen) atoms. The van der Waals surface area contributed by atoms with E-state index in [0.717, 1.165) is 52.5 Å². The lowest BCUT2D eigenvalue weighted by Gasteiger charge is -2.04. The van der Waals surface area contributed by atoms with Gasteiger partial charge in [-0.3, -0.25) is 4.98 Å². The van der Waals surface area contributed by atoms with Gasteiger partial charge in [0, 0.05) is 46.5 Å². The van der Waals surface area contributed by atoms with Crippen molar-refractivity contribution in [3.8, 4) is 22.9 Å². The molecule has 2 aromatic heterocycles. The number of fused-ring (bicyclic) bond motifs is 1. The van der Waals surface area contributed by atoms with Gasteiger partial charge in [0.15, 0.2) is 0 Å². The minimum atomic E-state index is 0.482. The van der Waals surface area contributed by atoms with E-state index >= 15 is 0 Å². The smallest absolute Gasteiger partial charge is 0.248 e. The third-order valence-corrected chi connectivity index (χ3v) is 4.71. The molecule has 3 N–H and O–H groups in total. The van der Waals surface area contributed by atoms with Crippen LogP contribution in [0.3, 0.4) is 0 Å². The van der Waals surface area contributed by atoms with Gasteiger partial charge in [-0.15, -0.1) is 10.2 Å². The van der Waals surface area contributed by atoms with Crippen LogP contribution < -0.4 is 11.1 Å². The van der Waals surface area contributed by atoms with Crippen molar-refractivity contribution >= 4 is 16.5 Å². The largest absolute Gasteiger partial charge is 0.416 e. The van der Waals surface area contributed by atoms with Crippen molar-refractivity contribution < 1.29 is 4.42 Å². The maximum absolute atomic E-state index is 5.99. The molecular weight excluding hydrogens is 362 g/mol. The van der Waals surface area contributed by atoms with Crippen molar-refractivity contribution in [3.63, 3.8) is 0 Å². The molecule has 0 fully saturated rings. The molecule has 0 saturated heterocycles. The summed E-state index contributed by atoms with van der Waals surface area (Å²) in [6.07, 6.45) is 8.56. The lowest BCUT2D eigenvalue weighted by molar-refractivity contribution is 0.585. The van der Waals surface area contributed by atoms with E-state index in [1.165, 1.54) is 0 Å². The second-order valence-electron chi connectivity index (χ2n) is 6.86. The number of pyridine rings is 1. The minimum Gasteiger partial charge on any atom is -0.416 e. The highest BCUT2D eigenvalue weighted by atomic mass is 16.4. The van der Waals surface area contributed by atoms with Gasteiger partial charge in [0.2, 0.25) is 11.8 Å². The van der Waals surface area contributed by atoms with E-state index in [2.05, 4.69) is 27.4 Å². The van der Waals surface area contributed by atoms with Gasteiger partial charge in [-0.2, -0.15) is 0 Å². The second-order valence-corrected chi connectivity index (χ2v) is 6.86. The standard InChI is InChI=1S/C23H23N5O/c1-2-3-6-18(24)15-26-19-10-8-16(9-11-19)22-27-28-23(29-22)21-7-4-5-17-14-25-13-12-20(17)21/h4-5,7-15,26H,2-3,6,24H2,1H3/b18-15-. The Labute approximate surface area is 169 Å². The van der Waals surface area contributed by atoms with Gasteiger partial charge in [-0.1, -0.05) is 25.5 Å². The van der Waals surface area contributed by atoms with Crippen molar-refractivity contribution in [2.75, 3.05) is 5.32 Å². The molecule has 0 aliphatic heterocycles. The first-order valence-electron chi connectivity index (χ1n) is 9.72. The van der Waals surface area contributed by atoms with E-state index in [9.17, 15) is 0 Å². The zero-order valence-electron chi connectivity index (χ0n) is 16.3. The predicted molar refractivity (Wildman–Crippen MR) is 116 cm³/mol. The number of hydrogen-bond acceptors (Lipinski definition) is 6. The van der Waals surface area contributed by atoms with Gasteiger partial charge < -0.3 is 15.5 Å². The fourth-order valence-corrected chi connectivity index (χ4v) is 3.10. The van der Waals surface area contributed by atoms with Crippen LogP contribution in [0.1, 0.15) is 26.2 Å². The van der Waals surface area contributed by atoms with Crippen LogP contribution in [0.4, 0.5) is 5.69 Å². The Bertz CT molecular complexity index is 1130. The SMILES string of the molecule is CCCC/C(N)=C/Nc1ccc(-c2nnc(-c3cccc4cnccc34)o2)cc1. The van der Waals surface area contributed by atoms with E-state index < -0.39 is 0 Å². The van der Waals surface area contributed by atoms with Crippen LogP contribution in [0, 0.1) is 0 Å².